The summed E-state index contributed by atoms with van der Waals surface area (Å²) >= 11 is 0. The summed E-state index contributed by atoms with van der Waals surface area (Å²) in [6.07, 6.45) is 6.91. The number of aromatic nitrogens is 2. The minimum absolute atomic E-state index is 0.190. The molecule has 2 aliphatic rings. The van der Waals surface area contributed by atoms with Gasteiger partial charge in [-0.2, -0.15) is 5.10 Å². The number of hydrogen-bond donors (Lipinski definition) is 2. The molecule has 1 saturated heterocycles. The number of hydrogen-bond acceptors (Lipinski definition) is 3. The highest BCUT2D eigenvalue weighted by atomic mass is 16.2. The zero-order valence-electron chi connectivity index (χ0n) is 14.5. The normalized spacial score (nSPS) is 19.2. The Labute approximate surface area is 142 Å². The molecule has 0 aromatic carbocycles. The second-order valence-electron chi connectivity index (χ2n) is 6.92. The van der Waals surface area contributed by atoms with Crippen LogP contribution in [0.3, 0.4) is 0 Å². The Kier molecular flexibility index (Phi) is 5.06. The molecule has 2 heterocycles. The van der Waals surface area contributed by atoms with Crippen molar-refractivity contribution in [1.82, 2.24) is 20.0 Å². The minimum Gasteiger partial charge on any atom is -0.341 e. The van der Waals surface area contributed by atoms with Gasteiger partial charge in [-0.3, -0.25) is 10.1 Å². The van der Waals surface area contributed by atoms with Crippen LogP contribution in [-0.2, 0) is 4.79 Å². The van der Waals surface area contributed by atoms with E-state index in [0.717, 1.165) is 30.8 Å². The number of carbonyl (C=O) groups excluding carboxylic acids is 2. The molecule has 1 aromatic heterocycles. The molecule has 0 radical (unpaired) electrons. The number of nitrogens with zero attached hydrogens (tertiary/aromatic N) is 3. The Morgan fingerprint density at radius 2 is 2.21 bits per heavy atom. The first-order valence-corrected chi connectivity index (χ1v) is 8.93. The molecule has 1 aliphatic carbocycles. The summed E-state index contributed by atoms with van der Waals surface area (Å²) in [4.78, 5) is 25.8. The molecule has 132 valence electrons. The molecule has 3 rings (SSSR count). The van der Waals surface area contributed by atoms with Crippen LogP contribution in [0.25, 0.3) is 0 Å². The molecule has 1 aromatic rings. The second kappa shape index (κ2) is 7.23. The van der Waals surface area contributed by atoms with Crippen LogP contribution in [-0.4, -0.2) is 46.3 Å². The van der Waals surface area contributed by atoms with Crippen LogP contribution in [0, 0.1) is 12.8 Å². The highest BCUT2D eigenvalue weighted by Gasteiger charge is 2.31. The number of nitrogens with one attached hydrogen (secondary N) is 2. The monoisotopic (exact) mass is 333 g/mol. The van der Waals surface area contributed by atoms with Gasteiger partial charge < -0.3 is 10.2 Å². The first kappa shape index (κ1) is 16.8. The summed E-state index contributed by atoms with van der Waals surface area (Å²) in [6.45, 7) is 5.93. The number of rotatable bonds is 6. The molecular formula is C17H27N5O2. The number of likely N-dealkylation sites (tertiary alicyclic amines) is 1. The number of carbonyl (C=O) groups is 2. The molecule has 0 unspecified atom stereocenters. The van der Waals surface area contributed by atoms with E-state index >= 15 is 0 Å². The molecule has 0 bridgehead atoms. The Bertz CT molecular complexity index is 608. The Morgan fingerprint density at radius 3 is 2.92 bits per heavy atom. The van der Waals surface area contributed by atoms with Crippen LogP contribution in [0.4, 0.5) is 10.6 Å². The summed E-state index contributed by atoms with van der Waals surface area (Å²) < 4.78 is 1.92. The van der Waals surface area contributed by atoms with Crippen LogP contribution in [0.1, 0.15) is 50.6 Å². The number of amides is 3. The maximum Gasteiger partial charge on any atom is 0.320 e. The molecule has 1 aliphatic heterocycles. The molecule has 24 heavy (non-hydrogen) atoms. The predicted octanol–water partition coefficient (Wildman–Crippen LogP) is 2.30. The molecule has 2 fully saturated rings. The maximum absolute atomic E-state index is 12.2. The fourth-order valence-corrected chi connectivity index (χ4v) is 3.25. The maximum atomic E-state index is 12.2. The van der Waals surface area contributed by atoms with Crippen molar-refractivity contribution in [2.24, 2.45) is 5.92 Å². The van der Waals surface area contributed by atoms with Crippen molar-refractivity contribution in [2.75, 3.05) is 25.0 Å². The average molecular weight is 333 g/mol. The van der Waals surface area contributed by atoms with Gasteiger partial charge in [0.1, 0.15) is 5.82 Å². The third-order valence-electron chi connectivity index (χ3n) is 4.99. The highest BCUT2D eigenvalue weighted by Crippen LogP contribution is 2.40. The van der Waals surface area contributed by atoms with Gasteiger partial charge in [0, 0.05) is 31.6 Å². The predicted molar refractivity (Wildman–Crippen MR) is 91.9 cm³/mol. The number of aryl methyl sites for hydroxylation is 1. The first-order valence-electron chi connectivity index (χ1n) is 8.93. The van der Waals surface area contributed by atoms with E-state index in [9.17, 15) is 9.59 Å². The summed E-state index contributed by atoms with van der Waals surface area (Å²) in [7, 11) is 0. The number of piperidine rings is 1. The van der Waals surface area contributed by atoms with Crippen molar-refractivity contribution in [2.45, 2.75) is 52.0 Å². The molecular weight excluding hydrogens is 306 g/mol. The van der Waals surface area contributed by atoms with Gasteiger partial charge in [0.2, 0.25) is 5.91 Å². The third-order valence-corrected chi connectivity index (χ3v) is 4.99. The van der Waals surface area contributed by atoms with Crippen molar-refractivity contribution in [1.29, 1.82) is 0 Å². The fraction of sp³-hybridized carbons (Fsp3) is 0.706. The second-order valence-corrected chi connectivity index (χ2v) is 6.92. The molecule has 7 heteroatoms. The third kappa shape index (κ3) is 3.88. The molecule has 1 atom stereocenters. The van der Waals surface area contributed by atoms with E-state index in [-0.39, 0.29) is 11.9 Å². The van der Waals surface area contributed by atoms with Crippen LogP contribution >= 0.6 is 0 Å². The van der Waals surface area contributed by atoms with Gasteiger partial charge in [-0.15, -0.1) is 0 Å². The van der Waals surface area contributed by atoms with Gasteiger partial charge in [-0.05, 0) is 45.4 Å². The molecule has 3 amide bonds. The van der Waals surface area contributed by atoms with E-state index in [4.69, 9.17) is 0 Å². The van der Waals surface area contributed by atoms with Crippen molar-refractivity contribution in [3.8, 4) is 0 Å². The Hall–Kier alpha value is -2.05. The van der Waals surface area contributed by atoms with E-state index < -0.39 is 0 Å². The zero-order chi connectivity index (χ0) is 17.1. The number of anilines is 1. The Balaban J connectivity index is 1.50. The van der Waals surface area contributed by atoms with E-state index in [0.29, 0.717) is 31.5 Å². The lowest BCUT2D eigenvalue weighted by Gasteiger charge is -2.26. The van der Waals surface area contributed by atoms with Crippen LogP contribution in [0.2, 0.25) is 0 Å². The van der Waals surface area contributed by atoms with Gasteiger partial charge in [0.15, 0.2) is 0 Å². The van der Waals surface area contributed by atoms with Gasteiger partial charge in [-0.25, -0.2) is 9.48 Å². The van der Waals surface area contributed by atoms with Gasteiger partial charge in [0.25, 0.3) is 0 Å². The smallest absolute Gasteiger partial charge is 0.320 e. The molecule has 7 nitrogen and oxygen atoms in total. The SMILES string of the molecule is Cc1cnn([C@H](C)C2CC2)c1NC(=O)NCCN1CCCCC1=O. The largest absolute Gasteiger partial charge is 0.341 e. The average Bonchev–Trinajstić information content (AvgIpc) is 3.35. The fourth-order valence-electron chi connectivity index (χ4n) is 3.25. The topological polar surface area (TPSA) is 79.3 Å². The van der Waals surface area contributed by atoms with Crippen LogP contribution in [0.5, 0.6) is 0 Å². The lowest BCUT2D eigenvalue weighted by molar-refractivity contribution is -0.133. The van der Waals surface area contributed by atoms with E-state index in [1.807, 2.05) is 16.5 Å². The highest BCUT2D eigenvalue weighted by molar-refractivity contribution is 5.89. The summed E-state index contributed by atoms with van der Waals surface area (Å²) in [6, 6.07) is 0.0623. The van der Waals surface area contributed by atoms with Crippen LogP contribution < -0.4 is 10.6 Å². The van der Waals surface area contributed by atoms with E-state index in [1.54, 1.807) is 6.20 Å². The van der Waals surface area contributed by atoms with Gasteiger partial charge in [0.05, 0.1) is 12.2 Å². The minimum atomic E-state index is -0.243. The molecule has 0 spiro atoms. The summed E-state index contributed by atoms with van der Waals surface area (Å²) in [5.41, 5.74) is 0.962. The van der Waals surface area contributed by atoms with Gasteiger partial charge >= 0.3 is 6.03 Å². The van der Waals surface area contributed by atoms with Crippen molar-refractivity contribution in [3.63, 3.8) is 0 Å². The lowest BCUT2D eigenvalue weighted by Crippen LogP contribution is -2.42. The van der Waals surface area contributed by atoms with Gasteiger partial charge in [-0.1, -0.05) is 0 Å². The molecule has 1 saturated carbocycles. The van der Waals surface area contributed by atoms with Crippen molar-refractivity contribution >= 4 is 17.8 Å². The summed E-state index contributed by atoms with van der Waals surface area (Å²) in [5.74, 6) is 1.62. The molecule has 2 N–H and O–H groups in total. The van der Waals surface area contributed by atoms with Crippen LogP contribution in [0.15, 0.2) is 6.20 Å². The van der Waals surface area contributed by atoms with E-state index in [2.05, 4.69) is 22.7 Å². The lowest BCUT2D eigenvalue weighted by atomic mass is 10.1. The quantitative estimate of drug-likeness (QED) is 0.838. The first-order chi connectivity index (χ1) is 11.6. The Morgan fingerprint density at radius 1 is 1.42 bits per heavy atom. The standard InChI is InChI=1S/C17H27N5O2/c1-12-11-19-22(13(2)14-6-7-14)16(12)20-17(24)18-8-10-21-9-4-3-5-15(21)23/h11,13-14H,3-10H2,1-2H3,(H2,18,20,24)/t13-/m1/s1. The van der Waals surface area contributed by atoms with Crippen molar-refractivity contribution in [3.05, 3.63) is 11.8 Å². The summed E-state index contributed by atoms with van der Waals surface area (Å²) in [5, 5.41) is 10.2. The number of urea groups is 1. The van der Waals surface area contributed by atoms with E-state index in [1.165, 1.54) is 12.8 Å². The zero-order valence-corrected chi connectivity index (χ0v) is 14.5. The van der Waals surface area contributed by atoms with Crippen molar-refractivity contribution < 1.29 is 9.59 Å².